The van der Waals surface area contributed by atoms with Crippen molar-refractivity contribution in [3.05, 3.63) is 47.6 Å². The van der Waals surface area contributed by atoms with Gasteiger partial charge in [0.05, 0.1) is 5.57 Å². The number of amidine groups is 1. The van der Waals surface area contributed by atoms with Crippen molar-refractivity contribution in [2.75, 3.05) is 0 Å². The van der Waals surface area contributed by atoms with Crippen LogP contribution >= 0.6 is 0 Å². The number of aliphatic imine (C=N–C) groups is 1. The minimum absolute atomic E-state index is 0.0210. The van der Waals surface area contributed by atoms with Gasteiger partial charge in [0.15, 0.2) is 0 Å². The van der Waals surface area contributed by atoms with Gasteiger partial charge in [-0.2, -0.15) is 0 Å². The number of hydrogen-bond acceptors (Lipinski definition) is 2. The molecule has 4 N–H and O–H groups in total. The highest BCUT2D eigenvalue weighted by Crippen LogP contribution is 2.16. The van der Waals surface area contributed by atoms with Crippen molar-refractivity contribution in [3.8, 4) is 0 Å². The van der Waals surface area contributed by atoms with Crippen molar-refractivity contribution in [3.63, 3.8) is 0 Å². The molecule has 0 aromatic carbocycles. The molecule has 0 aliphatic carbocycles. The zero-order valence-corrected chi connectivity index (χ0v) is 9.92. The first kappa shape index (κ1) is 14.2. The summed E-state index contributed by atoms with van der Waals surface area (Å²) in [5.74, 6) is -0.480. The number of nitrogens with two attached hydrogens (primary N) is 2. The van der Waals surface area contributed by atoms with E-state index in [0.29, 0.717) is 0 Å². The quantitative estimate of drug-likeness (QED) is 0.437. The molecule has 4 heteroatoms. The van der Waals surface area contributed by atoms with Crippen molar-refractivity contribution < 1.29 is 4.39 Å². The standard InChI is InChI=1S/C12H18FN3/c1-5-8(3)7-10(13)11(9(4)14)12(15)16-6-2/h5-7H,2,14H2,1,3-4H3,(H2,15,16)/b8-5-,10-7-,11-9-. The molecule has 0 radical (unpaired) electrons. The van der Waals surface area contributed by atoms with Gasteiger partial charge in [-0.3, -0.25) is 0 Å². The molecular formula is C12H18FN3. The summed E-state index contributed by atoms with van der Waals surface area (Å²) in [6.07, 6.45) is 4.38. The van der Waals surface area contributed by atoms with Gasteiger partial charge in [0, 0.05) is 11.9 Å². The predicted molar refractivity (Wildman–Crippen MR) is 67.3 cm³/mol. The van der Waals surface area contributed by atoms with E-state index >= 15 is 0 Å². The summed E-state index contributed by atoms with van der Waals surface area (Å²) in [7, 11) is 0. The average Bonchev–Trinajstić information content (AvgIpc) is 2.17. The second-order valence-electron chi connectivity index (χ2n) is 3.28. The molecule has 0 aromatic heterocycles. The van der Waals surface area contributed by atoms with Crippen LogP contribution in [0.25, 0.3) is 0 Å². The molecule has 0 aliphatic rings. The Morgan fingerprint density at radius 1 is 1.31 bits per heavy atom. The van der Waals surface area contributed by atoms with Crippen LogP contribution in [-0.2, 0) is 0 Å². The molecule has 0 saturated carbocycles. The fourth-order valence-electron chi connectivity index (χ4n) is 1.03. The zero-order valence-electron chi connectivity index (χ0n) is 9.92. The van der Waals surface area contributed by atoms with Gasteiger partial charge >= 0.3 is 0 Å². The lowest BCUT2D eigenvalue weighted by molar-refractivity contribution is 0.656. The van der Waals surface area contributed by atoms with Crippen molar-refractivity contribution in [2.24, 2.45) is 16.5 Å². The van der Waals surface area contributed by atoms with Gasteiger partial charge in [-0.15, -0.1) is 0 Å². The fourth-order valence-corrected chi connectivity index (χ4v) is 1.03. The van der Waals surface area contributed by atoms with Gasteiger partial charge in [-0.1, -0.05) is 18.2 Å². The number of rotatable bonds is 4. The Bertz CT molecular complexity index is 383. The van der Waals surface area contributed by atoms with E-state index in [1.54, 1.807) is 19.9 Å². The fraction of sp³-hybridized carbons (Fsp3) is 0.250. The molecule has 0 saturated heterocycles. The monoisotopic (exact) mass is 223 g/mol. The van der Waals surface area contributed by atoms with Crippen molar-refractivity contribution >= 4 is 5.84 Å². The molecule has 0 fully saturated rings. The Labute approximate surface area is 95.7 Å². The lowest BCUT2D eigenvalue weighted by Gasteiger charge is -2.06. The highest BCUT2D eigenvalue weighted by atomic mass is 19.1. The van der Waals surface area contributed by atoms with Gasteiger partial charge in [-0.05, 0) is 26.8 Å². The van der Waals surface area contributed by atoms with Gasteiger partial charge < -0.3 is 11.5 Å². The minimum Gasteiger partial charge on any atom is -0.402 e. The second-order valence-corrected chi connectivity index (χ2v) is 3.28. The molecule has 0 spiro atoms. The van der Waals surface area contributed by atoms with Crippen LogP contribution in [0.15, 0.2) is 52.6 Å². The lowest BCUT2D eigenvalue weighted by Crippen LogP contribution is -2.19. The van der Waals surface area contributed by atoms with Crippen LogP contribution in [0.4, 0.5) is 4.39 Å². The third-order valence-corrected chi connectivity index (χ3v) is 1.93. The molecule has 0 aliphatic heterocycles. The molecule has 0 rings (SSSR count). The first-order chi connectivity index (χ1) is 7.43. The Kier molecular flexibility index (Phi) is 5.85. The van der Waals surface area contributed by atoms with Gasteiger partial charge in [0.1, 0.15) is 11.7 Å². The van der Waals surface area contributed by atoms with E-state index < -0.39 is 5.83 Å². The highest BCUT2D eigenvalue weighted by molar-refractivity contribution is 6.01. The first-order valence-corrected chi connectivity index (χ1v) is 4.85. The van der Waals surface area contributed by atoms with Gasteiger partial charge in [0.25, 0.3) is 0 Å². The van der Waals surface area contributed by atoms with Gasteiger partial charge in [0.2, 0.25) is 0 Å². The van der Waals surface area contributed by atoms with Crippen LogP contribution in [0.1, 0.15) is 20.8 Å². The normalized spacial score (nSPS) is 15.9. The summed E-state index contributed by atoms with van der Waals surface area (Å²) in [6.45, 7) is 8.56. The Morgan fingerprint density at radius 3 is 2.25 bits per heavy atom. The number of halogens is 1. The SMILES string of the molecule is C=CN=C(N)C(/C(F)=C/C(C)=C\C)=C(/C)N. The molecule has 88 valence electrons. The van der Waals surface area contributed by atoms with E-state index in [2.05, 4.69) is 11.6 Å². The van der Waals surface area contributed by atoms with E-state index in [1.807, 2.05) is 6.92 Å². The molecule has 16 heavy (non-hydrogen) atoms. The van der Waals surface area contributed by atoms with Crippen LogP contribution in [0.2, 0.25) is 0 Å². The van der Waals surface area contributed by atoms with E-state index in [-0.39, 0.29) is 17.1 Å². The molecule has 0 unspecified atom stereocenters. The summed E-state index contributed by atoms with van der Waals surface area (Å²) >= 11 is 0. The molecule has 0 heterocycles. The van der Waals surface area contributed by atoms with Crippen molar-refractivity contribution in [1.82, 2.24) is 0 Å². The number of nitrogens with zero attached hydrogens (tertiary/aromatic N) is 1. The van der Waals surface area contributed by atoms with Crippen molar-refractivity contribution in [2.45, 2.75) is 20.8 Å². The summed E-state index contributed by atoms with van der Waals surface area (Å²) in [4.78, 5) is 3.72. The van der Waals surface area contributed by atoms with Crippen LogP contribution in [0.5, 0.6) is 0 Å². The maximum Gasteiger partial charge on any atom is 0.136 e. The van der Waals surface area contributed by atoms with Crippen LogP contribution in [-0.4, -0.2) is 5.84 Å². The molecular weight excluding hydrogens is 205 g/mol. The first-order valence-electron chi connectivity index (χ1n) is 4.85. The Morgan fingerprint density at radius 2 is 1.88 bits per heavy atom. The molecule has 3 nitrogen and oxygen atoms in total. The topological polar surface area (TPSA) is 64.4 Å². The summed E-state index contributed by atoms with van der Waals surface area (Å²) in [5.41, 5.74) is 12.3. The maximum atomic E-state index is 13.8. The average molecular weight is 223 g/mol. The van der Waals surface area contributed by atoms with Crippen LogP contribution in [0, 0.1) is 0 Å². The molecule has 0 atom stereocenters. The second kappa shape index (κ2) is 6.61. The largest absolute Gasteiger partial charge is 0.402 e. The number of hydrogen-bond donors (Lipinski definition) is 2. The summed E-state index contributed by atoms with van der Waals surface area (Å²) in [5, 5.41) is 0. The molecule has 0 amide bonds. The summed E-state index contributed by atoms with van der Waals surface area (Å²) < 4.78 is 13.8. The van der Waals surface area contributed by atoms with E-state index in [1.165, 1.54) is 12.3 Å². The van der Waals surface area contributed by atoms with Gasteiger partial charge in [-0.25, -0.2) is 9.38 Å². The molecule has 0 aromatic rings. The highest BCUT2D eigenvalue weighted by Gasteiger charge is 2.11. The maximum absolute atomic E-state index is 13.8. The Balaban J connectivity index is 5.44. The van der Waals surface area contributed by atoms with E-state index in [0.717, 1.165) is 5.57 Å². The zero-order chi connectivity index (χ0) is 12.7. The smallest absolute Gasteiger partial charge is 0.136 e. The lowest BCUT2D eigenvalue weighted by atomic mass is 10.1. The predicted octanol–water partition coefficient (Wildman–Crippen LogP) is 2.54. The third kappa shape index (κ3) is 4.13. The Hall–Kier alpha value is -1.84. The van der Waals surface area contributed by atoms with Crippen molar-refractivity contribution in [1.29, 1.82) is 0 Å². The van der Waals surface area contributed by atoms with Crippen LogP contribution in [0.3, 0.4) is 0 Å². The molecule has 0 bridgehead atoms. The summed E-state index contributed by atoms with van der Waals surface area (Å²) in [6, 6.07) is 0. The van der Waals surface area contributed by atoms with E-state index in [4.69, 9.17) is 11.5 Å². The number of allylic oxidation sites excluding steroid dienone is 4. The van der Waals surface area contributed by atoms with Crippen LogP contribution < -0.4 is 11.5 Å². The van der Waals surface area contributed by atoms with E-state index in [9.17, 15) is 4.39 Å². The minimum atomic E-state index is -0.501. The third-order valence-electron chi connectivity index (χ3n) is 1.93.